The van der Waals surface area contributed by atoms with Crippen molar-refractivity contribution in [2.24, 2.45) is 0 Å². The number of aromatic amines is 2. The first-order valence-electron chi connectivity index (χ1n) is 9.52. The highest BCUT2D eigenvalue weighted by Crippen LogP contribution is 2.14. The molecular formula is C21H21N5O3S. The first-order valence-corrected chi connectivity index (χ1v) is 10.9. The number of aromatic nitrogens is 4. The molecule has 2 aromatic heterocycles. The van der Waals surface area contributed by atoms with Gasteiger partial charge in [-0.1, -0.05) is 24.3 Å². The van der Waals surface area contributed by atoms with Crippen LogP contribution in [0.3, 0.4) is 0 Å². The summed E-state index contributed by atoms with van der Waals surface area (Å²) in [5, 5.41) is 3.19. The third-order valence-electron chi connectivity index (χ3n) is 4.91. The molecule has 9 heteroatoms. The van der Waals surface area contributed by atoms with Crippen molar-refractivity contribution in [1.29, 1.82) is 0 Å². The number of thioether (sulfide) groups is 1. The molecule has 0 radical (unpaired) electrons. The van der Waals surface area contributed by atoms with E-state index in [9.17, 15) is 14.4 Å². The van der Waals surface area contributed by atoms with Crippen LogP contribution < -0.4 is 16.6 Å². The Balaban J connectivity index is 1.63. The van der Waals surface area contributed by atoms with Gasteiger partial charge in [-0.2, -0.15) is 11.8 Å². The van der Waals surface area contributed by atoms with Gasteiger partial charge < -0.3 is 15.3 Å². The van der Waals surface area contributed by atoms with Crippen molar-refractivity contribution in [1.82, 2.24) is 24.8 Å². The SMILES string of the molecule is CSCC[C@@H](C(=O)NCc1nc2ccccc2[nH]1)n1c(=O)[nH]c2ccccc2c1=O. The van der Waals surface area contributed by atoms with Crippen LogP contribution in [-0.4, -0.2) is 37.4 Å². The molecule has 1 amide bonds. The number of hydrogen-bond acceptors (Lipinski definition) is 5. The standard InChI is InChI=1S/C21H21N5O3S/c1-30-11-10-17(26-20(28)13-6-2-3-7-14(13)25-21(26)29)19(27)22-12-18-23-15-8-4-5-9-16(15)24-18/h2-9,17H,10-12H2,1H3,(H,22,27)(H,23,24)(H,25,29)/t17-/m0/s1. The summed E-state index contributed by atoms with van der Waals surface area (Å²) in [6.45, 7) is 0.170. The van der Waals surface area contributed by atoms with Crippen molar-refractivity contribution in [2.45, 2.75) is 19.0 Å². The second kappa shape index (κ2) is 8.58. The largest absolute Gasteiger partial charge is 0.347 e. The monoisotopic (exact) mass is 423 g/mol. The molecule has 0 unspecified atom stereocenters. The Labute approximate surface area is 175 Å². The minimum atomic E-state index is -0.914. The van der Waals surface area contributed by atoms with E-state index in [0.29, 0.717) is 28.9 Å². The van der Waals surface area contributed by atoms with Crippen LogP contribution in [0.2, 0.25) is 0 Å². The zero-order valence-electron chi connectivity index (χ0n) is 16.3. The number of nitrogens with zero attached hydrogens (tertiary/aromatic N) is 2. The number of para-hydroxylation sites is 3. The highest BCUT2D eigenvalue weighted by atomic mass is 32.2. The smallest absolute Gasteiger partial charge is 0.329 e. The summed E-state index contributed by atoms with van der Waals surface area (Å²) in [4.78, 5) is 49.0. The zero-order chi connectivity index (χ0) is 21.1. The van der Waals surface area contributed by atoms with E-state index in [0.717, 1.165) is 15.6 Å². The summed E-state index contributed by atoms with van der Waals surface area (Å²) in [6.07, 6.45) is 2.27. The Bertz CT molecular complexity index is 1290. The van der Waals surface area contributed by atoms with Gasteiger partial charge in [0.15, 0.2) is 0 Å². The van der Waals surface area contributed by atoms with Gasteiger partial charge in [-0.25, -0.2) is 14.3 Å². The number of rotatable bonds is 7. The van der Waals surface area contributed by atoms with Gasteiger partial charge in [-0.3, -0.25) is 9.59 Å². The van der Waals surface area contributed by atoms with Crippen LogP contribution in [0.15, 0.2) is 58.1 Å². The van der Waals surface area contributed by atoms with E-state index in [1.54, 1.807) is 36.0 Å². The molecule has 154 valence electrons. The number of carbonyl (C=O) groups is 1. The Morgan fingerprint density at radius 1 is 1.10 bits per heavy atom. The van der Waals surface area contributed by atoms with E-state index in [2.05, 4.69) is 20.3 Å². The summed E-state index contributed by atoms with van der Waals surface area (Å²) >= 11 is 1.55. The van der Waals surface area contributed by atoms with Crippen LogP contribution in [0.25, 0.3) is 21.9 Å². The highest BCUT2D eigenvalue weighted by molar-refractivity contribution is 7.98. The van der Waals surface area contributed by atoms with Crippen LogP contribution in [0.5, 0.6) is 0 Å². The number of H-pyrrole nitrogens is 2. The topological polar surface area (TPSA) is 113 Å². The average Bonchev–Trinajstić information content (AvgIpc) is 3.17. The molecule has 0 saturated carbocycles. The quantitative estimate of drug-likeness (QED) is 0.422. The van der Waals surface area contributed by atoms with Crippen molar-refractivity contribution < 1.29 is 4.79 Å². The Hall–Kier alpha value is -3.33. The van der Waals surface area contributed by atoms with Gasteiger partial charge in [0, 0.05) is 0 Å². The maximum Gasteiger partial charge on any atom is 0.329 e. The molecule has 1 atom stereocenters. The lowest BCUT2D eigenvalue weighted by Crippen LogP contribution is -2.44. The maximum absolute atomic E-state index is 13.0. The highest BCUT2D eigenvalue weighted by Gasteiger charge is 2.24. The predicted octanol–water partition coefficient (Wildman–Crippen LogP) is 2.18. The van der Waals surface area contributed by atoms with Crippen molar-refractivity contribution in [3.8, 4) is 0 Å². The first-order chi connectivity index (χ1) is 14.6. The summed E-state index contributed by atoms with van der Waals surface area (Å²) in [7, 11) is 0. The molecule has 0 spiro atoms. The van der Waals surface area contributed by atoms with E-state index < -0.39 is 23.2 Å². The molecule has 0 fully saturated rings. The average molecular weight is 423 g/mol. The van der Waals surface area contributed by atoms with Gasteiger partial charge in [0.05, 0.1) is 28.5 Å². The minimum Gasteiger partial charge on any atom is -0.347 e. The molecule has 2 aromatic carbocycles. The number of carbonyl (C=O) groups excluding carboxylic acids is 1. The normalized spacial score (nSPS) is 12.3. The second-order valence-corrected chi connectivity index (χ2v) is 7.85. The Morgan fingerprint density at radius 3 is 2.60 bits per heavy atom. The lowest BCUT2D eigenvalue weighted by atomic mass is 10.2. The fraction of sp³-hybridized carbons (Fsp3) is 0.238. The van der Waals surface area contributed by atoms with Crippen molar-refractivity contribution in [3.63, 3.8) is 0 Å². The minimum absolute atomic E-state index is 0.170. The first kappa shape index (κ1) is 20.0. The lowest BCUT2D eigenvalue weighted by Gasteiger charge is -2.18. The molecule has 0 saturated heterocycles. The molecule has 8 nitrogen and oxygen atoms in total. The number of amides is 1. The van der Waals surface area contributed by atoms with E-state index in [4.69, 9.17) is 0 Å². The molecule has 30 heavy (non-hydrogen) atoms. The molecular weight excluding hydrogens is 402 g/mol. The predicted molar refractivity (Wildman–Crippen MR) is 119 cm³/mol. The summed E-state index contributed by atoms with van der Waals surface area (Å²) in [6, 6.07) is 13.4. The molecule has 3 N–H and O–H groups in total. The van der Waals surface area contributed by atoms with Crippen LogP contribution in [0.1, 0.15) is 18.3 Å². The zero-order valence-corrected chi connectivity index (χ0v) is 17.2. The van der Waals surface area contributed by atoms with Crippen molar-refractivity contribution in [3.05, 3.63) is 75.2 Å². The van der Waals surface area contributed by atoms with E-state index in [1.807, 2.05) is 30.5 Å². The second-order valence-electron chi connectivity index (χ2n) is 6.87. The number of imidazole rings is 1. The van der Waals surface area contributed by atoms with Gasteiger partial charge in [0.1, 0.15) is 11.9 Å². The van der Waals surface area contributed by atoms with E-state index >= 15 is 0 Å². The fourth-order valence-electron chi connectivity index (χ4n) is 3.44. The summed E-state index contributed by atoms with van der Waals surface area (Å²) < 4.78 is 1.02. The maximum atomic E-state index is 13.0. The van der Waals surface area contributed by atoms with Crippen LogP contribution in [-0.2, 0) is 11.3 Å². The number of benzene rings is 2. The lowest BCUT2D eigenvalue weighted by molar-refractivity contribution is -0.124. The van der Waals surface area contributed by atoms with Crippen LogP contribution in [0.4, 0.5) is 0 Å². The van der Waals surface area contributed by atoms with Gasteiger partial charge >= 0.3 is 5.69 Å². The molecule has 2 heterocycles. The summed E-state index contributed by atoms with van der Waals surface area (Å²) in [5.41, 5.74) is 1.07. The Morgan fingerprint density at radius 2 is 1.83 bits per heavy atom. The number of fused-ring (bicyclic) bond motifs is 2. The molecule has 0 bridgehead atoms. The Kier molecular flexibility index (Phi) is 5.71. The van der Waals surface area contributed by atoms with Crippen molar-refractivity contribution >= 4 is 39.6 Å². The molecule has 0 aliphatic heterocycles. The van der Waals surface area contributed by atoms with Crippen LogP contribution >= 0.6 is 11.8 Å². The summed E-state index contributed by atoms with van der Waals surface area (Å²) in [5.74, 6) is 0.835. The van der Waals surface area contributed by atoms with E-state index in [1.165, 1.54) is 0 Å². The van der Waals surface area contributed by atoms with E-state index in [-0.39, 0.29) is 6.54 Å². The van der Waals surface area contributed by atoms with Crippen molar-refractivity contribution in [2.75, 3.05) is 12.0 Å². The fourth-order valence-corrected chi connectivity index (χ4v) is 3.90. The number of nitrogens with one attached hydrogen (secondary N) is 3. The molecule has 4 aromatic rings. The third-order valence-corrected chi connectivity index (χ3v) is 5.56. The van der Waals surface area contributed by atoms with Crippen LogP contribution in [0, 0.1) is 0 Å². The molecule has 0 aliphatic rings. The molecule has 4 rings (SSSR count). The van der Waals surface area contributed by atoms with Gasteiger partial charge in [-0.15, -0.1) is 0 Å². The van der Waals surface area contributed by atoms with Gasteiger partial charge in [0.25, 0.3) is 5.56 Å². The van der Waals surface area contributed by atoms with Gasteiger partial charge in [-0.05, 0) is 42.7 Å². The molecule has 0 aliphatic carbocycles. The number of hydrogen-bond donors (Lipinski definition) is 3. The van der Waals surface area contributed by atoms with Gasteiger partial charge in [0.2, 0.25) is 5.91 Å². The third kappa shape index (κ3) is 3.88.